The van der Waals surface area contributed by atoms with Crippen molar-refractivity contribution in [3.63, 3.8) is 0 Å². The van der Waals surface area contributed by atoms with Crippen LogP contribution in [0.25, 0.3) is 0 Å². The highest BCUT2D eigenvalue weighted by atomic mass is 19.2. The summed E-state index contributed by atoms with van der Waals surface area (Å²) in [6, 6.07) is 3.23. The molecule has 0 aromatic heterocycles. The average molecular weight is 196 g/mol. The fraction of sp³-hybridized carbons (Fsp3) is 0.273. The Morgan fingerprint density at radius 3 is 2.57 bits per heavy atom. The molecule has 0 spiro atoms. The van der Waals surface area contributed by atoms with Crippen LogP contribution in [-0.4, -0.2) is 5.11 Å². The van der Waals surface area contributed by atoms with Crippen molar-refractivity contribution < 1.29 is 13.9 Å². The lowest BCUT2D eigenvalue weighted by Gasteiger charge is -2.21. The van der Waals surface area contributed by atoms with Gasteiger partial charge in [-0.05, 0) is 24.6 Å². The quantitative estimate of drug-likeness (QED) is 0.719. The lowest BCUT2D eigenvalue weighted by atomic mass is 9.93. The highest BCUT2D eigenvalue weighted by molar-refractivity contribution is 5.24. The van der Waals surface area contributed by atoms with Crippen LogP contribution in [0.5, 0.6) is 0 Å². The van der Waals surface area contributed by atoms with Crippen molar-refractivity contribution in [1.29, 1.82) is 0 Å². The van der Waals surface area contributed by atoms with Crippen molar-refractivity contribution in [2.45, 2.75) is 18.9 Å². The van der Waals surface area contributed by atoms with Crippen LogP contribution in [0.4, 0.5) is 8.78 Å². The summed E-state index contributed by atoms with van der Waals surface area (Å²) in [5.41, 5.74) is -1.04. The number of rotatable bonds is 2. The van der Waals surface area contributed by atoms with Crippen LogP contribution in [0, 0.1) is 24.0 Å². The monoisotopic (exact) mass is 196 g/mol. The first-order valence-electron chi connectivity index (χ1n) is 4.09. The molecule has 0 amide bonds. The normalized spacial score (nSPS) is 14.5. The Morgan fingerprint density at radius 1 is 1.43 bits per heavy atom. The molecular weight excluding hydrogens is 186 g/mol. The van der Waals surface area contributed by atoms with E-state index in [4.69, 9.17) is 6.42 Å². The molecule has 1 aromatic carbocycles. The number of aliphatic hydroxyl groups is 1. The first-order chi connectivity index (χ1) is 6.47. The van der Waals surface area contributed by atoms with Gasteiger partial charge < -0.3 is 5.11 Å². The van der Waals surface area contributed by atoms with Crippen LogP contribution in [0.2, 0.25) is 0 Å². The van der Waals surface area contributed by atoms with Gasteiger partial charge in [0.25, 0.3) is 0 Å². The zero-order valence-corrected chi connectivity index (χ0v) is 7.72. The number of halogens is 2. The largest absolute Gasteiger partial charge is 0.384 e. The molecule has 1 atom stereocenters. The third-order valence-electron chi connectivity index (χ3n) is 1.99. The lowest BCUT2D eigenvalue weighted by Crippen LogP contribution is -2.20. The zero-order valence-electron chi connectivity index (χ0n) is 7.72. The van der Waals surface area contributed by atoms with Crippen molar-refractivity contribution in [3.8, 4) is 12.3 Å². The van der Waals surface area contributed by atoms with Gasteiger partial charge in [0.2, 0.25) is 0 Å². The Kier molecular flexibility index (Phi) is 2.87. The van der Waals surface area contributed by atoms with E-state index in [-0.39, 0.29) is 12.0 Å². The van der Waals surface area contributed by atoms with Crippen LogP contribution in [0.3, 0.4) is 0 Å². The third kappa shape index (κ3) is 2.09. The number of terminal acetylenes is 1. The molecule has 0 heterocycles. The summed E-state index contributed by atoms with van der Waals surface area (Å²) in [6.07, 6.45) is 5.10. The van der Waals surface area contributed by atoms with Crippen LogP contribution in [0.1, 0.15) is 18.9 Å². The Balaban J connectivity index is 3.09. The fourth-order valence-corrected chi connectivity index (χ4v) is 1.13. The van der Waals surface area contributed by atoms with E-state index < -0.39 is 17.2 Å². The first kappa shape index (κ1) is 10.7. The van der Waals surface area contributed by atoms with Crippen molar-refractivity contribution in [2.75, 3.05) is 0 Å². The number of hydrogen-bond acceptors (Lipinski definition) is 1. The molecule has 0 aliphatic rings. The molecule has 0 aliphatic heterocycles. The minimum absolute atomic E-state index is 0.0536. The summed E-state index contributed by atoms with van der Waals surface area (Å²) in [6.45, 7) is 1.46. The number of benzene rings is 1. The maximum Gasteiger partial charge on any atom is 0.159 e. The van der Waals surface area contributed by atoms with Gasteiger partial charge in [-0.25, -0.2) is 8.78 Å². The second-order valence-electron chi connectivity index (χ2n) is 3.28. The van der Waals surface area contributed by atoms with Crippen LogP contribution >= 0.6 is 0 Å². The highest BCUT2D eigenvalue weighted by Gasteiger charge is 2.22. The van der Waals surface area contributed by atoms with E-state index in [0.717, 1.165) is 12.1 Å². The summed E-state index contributed by atoms with van der Waals surface area (Å²) in [7, 11) is 0. The van der Waals surface area contributed by atoms with E-state index in [2.05, 4.69) is 5.92 Å². The molecule has 1 nitrogen and oxygen atoms in total. The summed E-state index contributed by atoms with van der Waals surface area (Å²) >= 11 is 0. The highest BCUT2D eigenvalue weighted by Crippen LogP contribution is 2.25. The predicted molar refractivity (Wildman–Crippen MR) is 49.4 cm³/mol. The molecule has 0 aliphatic carbocycles. The summed E-state index contributed by atoms with van der Waals surface area (Å²) in [5.74, 6) is 0.348. The lowest BCUT2D eigenvalue weighted by molar-refractivity contribution is 0.0625. The van der Waals surface area contributed by atoms with E-state index in [1.54, 1.807) is 0 Å². The second kappa shape index (κ2) is 3.77. The van der Waals surface area contributed by atoms with Crippen molar-refractivity contribution in [3.05, 3.63) is 35.4 Å². The van der Waals surface area contributed by atoms with Crippen LogP contribution in [0.15, 0.2) is 18.2 Å². The summed E-state index contributed by atoms with van der Waals surface area (Å²) < 4.78 is 25.4. The molecule has 0 radical (unpaired) electrons. The van der Waals surface area contributed by atoms with Crippen molar-refractivity contribution in [1.82, 2.24) is 0 Å². The van der Waals surface area contributed by atoms with Gasteiger partial charge in [-0.2, -0.15) is 0 Å². The molecule has 1 rings (SSSR count). The third-order valence-corrected chi connectivity index (χ3v) is 1.99. The minimum atomic E-state index is -1.32. The van der Waals surface area contributed by atoms with E-state index >= 15 is 0 Å². The van der Waals surface area contributed by atoms with Gasteiger partial charge in [-0.15, -0.1) is 12.3 Å². The Morgan fingerprint density at radius 2 is 2.07 bits per heavy atom. The molecule has 1 aromatic rings. The molecule has 14 heavy (non-hydrogen) atoms. The molecule has 3 heteroatoms. The smallest absolute Gasteiger partial charge is 0.159 e. The molecule has 74 valence electrons. The van der Waals surface area contributed by atoms with Crippen LogP contribution < -0.4 is 0 Å². The average Bonchev–Trinajstić information content (AvgIpc) is 2.09. The number of hydrogen-bond donors (Lipinski definition) is 1. The van der Waals surface area contributed by atoms with Gasteiger partial charge in [0, 0.05) is 6.42 Å². The van der Waals surface area contributed by atoms with Gasteiger partial charge in [0.15, 0.2) is 11.6 Å². The molecule has 0 saturated heterocycles. The molecule has 0 unspecified atom stereocenters. The summed E-state index contributed by atoms with van der Waals surface area (Å²) in [4.78, 5) is 0. The Labute approximate surface area is 81.4 Å². The van der Waals surface area contributed by atoms with Gasteiger partial charge in [0.05, 0.1) is 5.60 Å². The first-order valence-corrected chi connectivity index (χ1v) is 4.09. The Bertz CT molecular complexity index is 377. The van der Waals surface area contributed by atoms with Crippen molar-refractivity contribution >= 4 is 0 Å². The fourth-order valence-electron chi connectivity index (χ4n) is 1.13. The standard InChI is InChI=1S/C11H10F2O/c1-3-6-11(2,14)8-4-5-9(12)10(13)7-8/h1,4-5,7,14H,6H2,2H3/t11-/m1/s1. The van der Waals surface area contributed by atoms with E-state index in [0.29, 0.717) is 0 Å². The topological polar surface area (TPSA) is 20.2 Å². The second-order valence-corrected chi connectivity index (χ2v) is 3.28. The van der Waals surface area contributed by atoms with Crippen LogP contribution in [-0.2, 0) is 5.60 Å². The van der Waals surface area contributed by atoms with E-state index in [9.17, 15) is 13.9 Å². The van der Waals surface area contributed by atoms with Gasteiger partial charge in [-0.1, -0.05) is 6.07 Å². The van der Waals surface area contributed by atoms with E-state index in [1.807, 2.05) is 0 Å². The molecule has 0 fully saturated rings. The zero-order chi connectivity index (χ0) is 10.8. The Hall–Kier alpha value is -1.40. The maximum absolute atomic E-state index is 12.8. The SMILES string of the molecule is C#CC[C@@](C)(O)c1ccc(F)c(F)c1. The van der Waals surface area contributed by atoms with Crippen molar-refractivity contribution in [2.24, 2.45) is 0 Å². The van der Waals surface area contributed by atoms with Gasteiger partial charge in [-0.3, -0.25) is 0 Å². The minimum Gasteiger partial charge on any atom is -0.384 e. The molecule has 0 bridgehead atoms. The van der Waals surface area contributed by atoms with Gasteiger partial charge in [0.1, 0.15) is 0 Å². The maximum atomic E-state index is 12.8. The predicted octanol–water partition coefficient (Wildman–Crippen LogP) is 2.20. The molecule has 1 N–H and O–H groups in total. The molecular formula is C11H10F2O. The van der Waals surface area contributed by atoms with E-state index in [1.165, 1.54) is 13.0 Å². The van der Waals surface area contributed by atoms with Gasteiger partial charge >= 0.3 is 0 Å². The summed E-state index contributed by atoms with van der Waals surface area (Å²) in [5, 5.41) is 9.77. The molecule has 0 saturated carbocycles.